The first kappa shape index (κ1) is 19.8. The molecule has 0 amide bonds. The van der Waals surface area contributed by atoms with Crippen LogP contribution >= 0.6 is 34.8 Å². The second-order valence-corrected chi connectivity index (χ2v) is 7.76. The smallest absolute Gasteiger partial charge is 0.235 e. The fraction of sp³-hybridized carbons (Fsp3) is 0.0870. The number of hydrogen-bond acceptors (Lipinski definition) is 3. The number of halogens is 3. The Balaban J connectivity index is 1.90. The van der Waals surface area contributed by atoms with Gasteiger partial charge < -0.3 is 9.15 Å². The zero-order valence-electron chi connectivity index (χ0n) is 15.3. The molecule has 0 N–H and O–H groups in total. The molecule has 146 valence electrons. The van der Waals surface area contributed by atoms with Crippen molar-refractivity contribution in [2.45, 2.75) is 13.5 Å². The summed E-state index contributed by atoms with van der Waals surface area (Å²) in [6.07, 6.45) is 0. The van der Waals surface area contributed by atoms with Crippen LogP contribution in [0.4, 0.5) is 0 Å². The predicted molar refractivity (Wildman–Crippen MR) is 118 cm³/mol. The normalized spacial score (nSPS) is 11.0. The van der Waals surface area contributed by atoms with E-state index in [0.717, 1.165) is 11.1 Å². The van der Waals surface area contributed by atoms with Gasteiger partial charge in [0, 0.05) is 26.2 Å². The highest BCUT2D eigenvalue weighted by atomic mass is 35.5. The summed E-state index contributed by atoms with van der Waals surface area (Å²) in [5.74, 6) is 0.424. The van der Waals surface area contributed by atoms with Crippen LogP contribution in [0.15, 0.2) is 69.9 Å². The second kappa shape index (κ2) is 8.11. The lowest BCUT2D eigenvalue weighted by Gasteiger charge is -2.13. The third-order valence-corrected chi connectivity index (χ3v) is 5.70. The molecule has 0 saturated heterocycles. The Morgan fingerprint density at radius 1 is 0.897 bits per heavy atom. The molecular weight excluding hydrogens is 431 g/mol. The van der Waals surface area contributed by atoms with Crippen LogP contribution < -0.4 is 10.2 Å². The Kier molecular flexibility index (Phi) is 5.55. The highest BCUT2D eigenvalue weighted by Crippen LogP contribution is 2.34. The lowest BCUT2D eigenvalue weighted by atomic mass is 10.1. The van der Waals surface area contributed by atoms with Gasteiger partial charge in [-0.2, -0.15) is 0 Å². The van der Waals surface area contributed by atoms with Crippen LogP contribution in [0.3, 0.4) is 0 Å². The minimum absolute atomic E-state index is 0.0220. The van der Waals surface area contributed by atoms with E-state index in [2.05, 4.69) is 0 Å². The van der Waals surface area contributed by atoms with Gasteiger partial charge in [0.05, 0.1) is 5.39 Å². The number of benzene rings is 3. The number of hydrogen-bond donors (Lipinski definition) is 0. The van der Waals surface area contributed by atoms with Gasteiger partial charge >= 0.3 is 0 Å². The summed E-state index contributed by atoms with van der Waals surface area (Å²) in [6, 6.07) is 17.8. The van der Waals surface area contributed by atoms with E-state index in [4.69, 9.17) is 44.0 Å². The van der Waals surface area contributed by atoms with Crippen LogP contribution in [0.2, 0.25) is 15.1 Å². The zero-order valence-corrected chi connectivity index (χ0v) is 17.6. The van der Waals surface area contributed by atoms with Crippen molar-refractivity contribution in [3.63, 3.8) is 0 Å². The van der Waals surface area contributed by atoms with Gasteiger partial charge in [-0.1, -0.05) is 71.2 Å². The third-order valence-electron chi connectivity index (χ3n) is 4.59. The van der Waals surface area contributed by atoms with Crippen LogP contribution in [0.1, 0.15) is 11.1 Å². The van der Waals surface area contributed by atoms with Gasteiger partial charge in [0.2, 0.25) is 11.2 Å². The van der Waals surface area contributed by atoms with Gasteiger partial charge in [0.25, 0.3) is 0 Å². The minimum Gasteiger partial charge on any atom is -0.481 e. The molecule has 1 heterocycles. The monoisotopic (exact) mass is 444 g/mol. The topological polar surface area (TPSA) is 39.4 Å². The average Bonchev–Trinajstić information content (AvgIpc) is 2.71. The fourth-order valence-corrected chi connectivity index (χ4v) is 3.69. The molecule has 0 fully saturated rings. The van der Waals surface area contributed by atoms with Crippen molar-refractivity contribution in [1.29, 1.82) is 0 Å². The molecule has 3 aromatic carbocycles. The average molecular weight is 446 g/mol. The summed E-state index contributed by atoms with van der Waals surface area (Å²) in [5, 5.41) is 1.75. The Bertz CT molecular complexity index is 1240. The Labute approximate surface area is 182 Å². The van der Waals surface area contributed by atoms with E-state index < -0.39 is 0 Å². The van der Waals surface area contributed by atoms with E-state index in [1.807, 2.05) is 37.3 Å². The first-order valence-electron chi connectivity index (χ1n) is 8.84. The molecule has 0 saturated carbocycles. The van der Waals surface area contributed by atoms with Crippen molar-refractivity contribution in [1.82, 2.24) is 0 Å². The van der Waals surface area contributed by atoms with Crippen LogP contribution in [-0.2, 0) is 6.61 Å². The van der Waals surface area contributed by atoms with Crippen molar-refractivity contribution in [2.24, 2.45) is 0 Å². The predicted octanol–water partition coefficient (Wildman–Crippen LogP) is 7.31. The van der Waals surface area contributed by atoms with Gasteiger partial charge in [-0.3, -0.25) is 4.79 Å². The lowest BCUT2D eigenvalue weighted by molar-refractivity contribution is 0.298. The van der Waals surface area contributed by atoms with E-state index in [9.17, 15) is 4.79 Å². The highest BCUT2D eigenvalue weighted by Gasteiger charge is 2.19. The fourth-order valence-electron chi connectivity index (χ4n) is 3.02. The van der Waals surface area contributed by atoms with Crippen molar-refractivity contribution < 1.29 is 9.15 Å². The van der Waals surface area contributed by atoms with Crippen LogP contribution in [0.5, 0.6) is 5.75 Å². The van der Waals surface area contributed by atoms with Crippen molar-refractivity contribution in [3.8, 4) is 17.1 Å². The molecule has 0 aliphatic heterocycles. The summed E-state index contributed by atoms with van der Waals surface area (Å²) in [7, 11) is 0. The van der Waals surface area contributed by atoms with Gasteiger partial charge in [0.1, 0.15) is 12.2 Å². The maximum absolute atomic E-state index is 13.3. The molecule has 3 nitrogen and oxygen atoms in total. The van der Waals surface area contributed by atoms with Gasteiger partial charge in [-0.15, -0.1) is 0 Å². The van der Waals surface area contributed by atoms with E-state index >= 15 is 0 Å². The summed E-state index contributed by atoms with van der Waals surface area (Å²) in [5.41, 5.74) is 2.27. The molecular formula is C23H15Cl3O3. The molecule has 29 heavy (non-hydrogen) atoms. The van der Waals surface area contributed by atoms with Gasteiger partial charge in [-0.05, 0) is 36.8 Å². The molecule has 0 spiro atoms. The number of aryl methyl sites for hydroxylation is 1. The lowest BCUT2D eigenvalue weighted by Crippen LogP contribution is -2.11. The molecule has 1 aromatic heterocycles. The maximum atomic E-state index is 13.3. The van der Waals surface area contributed by atoms with Crippen LogP contribution in [0, 0.1) is 6.92 Å². The highest BCUT2D eigenvalue weighted by molar-refractivity contribution is 6.36. The first-order chi connectivity index (χ1) is 14.0. The molecule has 0 atom stereocenters. The van der Waals surface area contributed by atoms with E-state index in [0.29, 0.717) is 37.4 Å². The standard InChI is InChI=1S/C23H15Cl3O3/c1-13-10-20-15(11-19(13)26)21(27)23(22(29-20)14-6-3-2-4-7-14)28-12-16-17(24)8-5-9-18(16)25/h2-11H,12H2,1H3. The molecule has 4 rings (SSSR count). The number of rotatable bonds is 4. The molecule has 4 aromatic rings. The van der Waals surface area contributed by atoms with E-state index in [-0.39, 0.29) is 17.8 Å². The molecule has 0 aliphatic rings. The molecule has 6 heteroatoms. The Hall–Kier alpha value is -2.46. The zero-order chi connectivity index (χ0) is 20.5. The van der Waals surface area contributed by atoms with Crippen molar-refractivity contribution in [2.75, 3.05) is 0 Å². The summed E-state index contributed by atoms with van der Waals surface area (Å²) in [4.78, 5) is 13.3. The first-order valence-corrected chi connectivity index (χ1v) is 9.97. The summed E-state index contributed by atoms with van der Waals surface area (Å²) >= 11 is 18.7. The molecule has 0 bridgehead atoms. The quantitative estimate of drug-likeness (QED) is 0.330. The minimum atomic E-state index is -0.310. The van der Waals surface area contributed by atoms with Crippen molar-refractivity contribution in [3.05, 3.63) is 97.1 Å². The SMILES string of the molecule is Cc1cc2oc(-c3ccccc3)c(OCc3c(Cl)cccc3Cl)c(=O)c2cc1Cl. The third kappa shape index (κ3) is 3.86. The maximum Gasteiger partial charge on any atom is 0.235 e. The van der Waals surface area contributed by atoms with Gasteiger partial charge in [0.15, 0.2) is 5.76 Å². The summed E-state index contributed by atoms with van der Waals surface area (Å²) < 4.78 is 12.0. The Morgan fingerprint density at radius 2 is 1.59 bits per heavy atom. The largest absolute Gasteiger partial charge is 0.481 e. The van der Waals surface area contributed by atoms with Crippen molar-refractivity contribution >= 4 is 45.8 Å². The second-order valence-electron chi connectivity index (χ2n) is 6.54. The van der Waals surface area contributed by atoms with Gasteiger partial charge in [-0.25, -0.2) is 0 Å². The number of fused-ring (bicyclic) bond motifs is 1. The van der Waals surface area contributed by atoms with E-state index in [1.165, 1.54) is 0 Å². The summed E-state index contributed by atoms with van der Waals surface area (Å²) in [6.45, 7) is 1.88. The molecule has 0 radical (unpaired) electrons. The Morgan fingerprint density at radius 3 is 2.28 bits per heavy atom. The van der Waals surface area contributed by atoms with Crippen LogP contribution in [0.25, 0.3) is 22.3 Å². The van der Waals surface area contributed by atoms with Crippen LogP contribution in [-0.4, -0.2) is 0 Å². The molecule has 0 aliphatic carbocycles. The number of ether oxygens (including phenoxy) is 1. The van der Waals surface area contributed by atoms with E-state index in [1.54, 1.807) is 30.3 Å². The molecule has 0 unspecified atom stereocenters.